The van der Waals surface area contributed by atoms with Crippen molar-refractivity contribution in [2.24, 2.45) is 0 Å². The summed E-state index contributed by atoms with van der Waals surface area (Å²) in [6.07, 6.45) is 2.09. The highest BCUT2D eigenvalue weighted by Crippen LogP contribution is 2.16. The number of anilines is 1. The van der Waals surface area contributed by atoms with E-state index in [0.29, 0.717) is 18.7 Å². The fraction of sp³-hybridized carbons (Fsp3) is 0.500. The van der Waals surface area contributed by atoms with Gasteiger partial charge in [-0.1, -0.05) is 25.5 Å². The Balaban J connectivity index is 2.49. The summed E-state index contributed by atoms with van der Waals surface area (Å²) < 4.78 is 9.85. The third-order valence-corrected chi connectivity index (χ3v) is 2.96. The zero-order chi connectivity index (χ0) is 16.2. The second-order valence-corrected chi connectivity index (χ2v) is 4.74. The molecule has 0 bridgehead atoms. The number of carbonyl (C=O) groups excluding carboxylic acids is 2. The molecule has 1 aromatic carbocycles. The number of amides is 1. The number of esters is 1. The van der Waals surface area contributed by atoms with Gasteiger partial charge in [0.15, 0.2) is 6.61 Å². The molecule has 0 fully saturated rings. The van der Waals surface area contributed by atoms with E-state index in [1.165, 1.54) is 0 Å². The van der Waals surface area contributed by atoms with Crippen LogP contribution in [0.2, 0.25) is 0 Å². The second-order valence-electron chi connectivity index (χ2n) is 4.74. The van der Waals surface area contributed by atoms with Crippen LogP contribution in [0.25, 0.3) is 0 Å². The minimum absolute atomic E-state index is 0.300. The van der Waals surface area contributed by atoms with Gasteiger partial charge in [0.1, 0.15) is 0 Å². The van der Waals surface area contributed by atoms with Gasteiger partial charge in [0, 0.05) is 25.9 Å². The summed E-state index contributed by atoms with van der Waals surface area (Å²) in [6, 6.07) is 7.12. The third-order valence-electron chi connectivity index (χ3n) is 2.96. The Hall–Kier alpha value is -2.08. The quantitative estimate of drug-likeness (QED) is 0.509. The van der Waals surface area contributed by atoms with Gasteiger partial charge in [-0.05, 0) is 18.6 Å². The predicted molar refractivity (Wildman–Crippen MR) is 85.0 cm³/mol. The molecule has 0 spiro atoms. The number of unbranched alkanes of at least 4 members (excludes halogenated alkanes) is 1. The van der Waals surface area contributed by atoms with Crippen LogP contribution in [0, 0.1) is 0 Å². The largest absolute Gasteiger partial charge is 0.452 e. The Bertz CT molecular complexity index is 477. The van der Waals surface area contributed by atoms with Gasteiger partial charge in [0.2, 0.25) is 0 Å². The fourth-order valence-corrected chi connectivity index (χ4v) is 1.77. The molecule has 0 saturated carbocycles. The van der Waals surface area contributed by atoms with Crippen molar-refractivity contribution in [1.29, 1.82) is 0 Å². The first-order valence-electron chi connectivity index (χ1n) is 7.44. The van der Waals surface area contributed by atoms with Gasteiger partial charge < -0.3 is 20.1 Å². The van der Waals surface area contributed by atoms with Gasteiger partial charge in [-0.15, -0.1) is 0 Å². The van der Waals surface area contributed by atoms with Crippen LogP contribution < -0.4 is 10.6 Å². The van der Waals surface area contributed by atoms with E-state index in [1.54, 1.807) is 19.2 Å². The zero-order valence-electron chi connectivity index (χ0n) is 13.2. The maximum atomic E-state index is 12.1. The Kier molecular flexibility index (Phi) is 8.67. The average molecular weight is 308 g/mol. The molecule has 0 heterocycles. The Morgan fingerprint density at radius 1 is 1.18 bits per heavy atom. The van der Waals surface area contributed by atoms with Gasteiger partial charge in [-0.3, -0.25) is 4.79 Å². The number of carbonyl (C=O) groups is 2. The van der Waals surface area contributed by atoms with Crippen molar-refractivity contribution >= 4 is 17.6 Å². The lowest BCUT2D eigenvalue weighted by Crippen LogP contribution is -2.31. The van der Waals surface area contributed by atoms with Crippen LogP contribution in [0.15, 0.2) is 24.3 Å². The molecule has 6 heteroatoms. The Morgan fingerprint density at radius 3 is 2.68 bits per heavy atom. The number of nitrogens with one attached hydrogen (secondary N) is 2. The topological polar surface area (TPSA) is 76.7 Å². The van der Waals surface area contributed by atoms with Crippen LogP contribution in [-0.2, 0) is 14.3 Å². The normalized spacial score (nSPS) is 10.1. The maximum Gasteiger partial charge on any atom is 0.340 e. The molecule has 0 unspecified atom stereocenters. The molecule has 2 N–H and O–H groups in total. The summed E-state index contributed by atoms with van der Waals surface area (Å²) in [4.78, 5) is 23.6. The van der Waals surface area contributed by atoms with E-state index in [0.717, 1.165) is 25.1 Å². The van der Waals surface area contributed by atoms with Gasteiger partial charge in [0.25, 0.3) is 5.91 Å². The fourth-order valence-electron chi connectivity index (χ4n) is 1.77. The summed E-state index contributed by atoms with van der Waals surface area (Å²) in [7, 11) is 1.55. The summed E-state index contributed by atoms with van der Waals surface area (Å²) in [5.74, 6) is -0.858. The highest BCUT2D eigenvalue weighted by Gasteiger charge is 2.13. The van der Waals surface area contributed by atoms with Crippen LogP contribution in [0.1, 0.15) is 30.1 Å². The molecule has 0 aliphatic rings. The van der Waals surface area contributed by atoms with Crippen molar-refractivity contribution in [2.45, 2.75) is 19.8 Å². The van der Waals surface area contributed by atoms with E-state index >= 15 is 0 Å². The lowest BCUT2D eigenvalue weighted by Gasteiger charge is -2.11. The minimum Gasteiger partial charge on any atom is -0.452 e. The molecular weight excluding hydrogens is 284 g/mol. The number of ether oxygens (including phenoxy) is 2. The molecule has 1 aromatic rings. The van der Waals surface area contributed by atoms with Gasteiger partial charge in [-0.25, -0.2) is 4.79 Å². The van der Waals surface area contributed by atoms with Crippen molar-refractivity contribution in [3.8, 4) is 0 Å². The Morgan fingerprint density at radius 2 is 1.95 bits per heavy atom. The standard InChI is InChI=1S/C16H24N2O4/c1-3-4-9-17-14-8-6-5-7-13(14)16(20)22-12-15(19)18-10-11-21-2/h5-8,17H,3-4,9-12H2,1-2H3,(H,18,19). The van der Waals surface area contributed by atoms with Crippen molar-refractivity contribution in [3.05, 3.63) is 29.8 Å². The molecule has 0 saturated heterocycles. The molecule has 0 aliphatic heterocycles. The van der Waals surface area contributed by atoms with Crippen molar-refractivity contribution in [1.82, 2.24) is 5.32 Å². The van der Waals surface area contributed by atoms with E-state index in [1.807, 2.05) is 12.1 Å². The highest BCUT2D eigenvalue weighted by molar-refractivity contribution is 5.96. The van der Waals surface area contributed by atoms with Crippen LogP contribution in [-0.4, -0.2) is 45.3 Å². The number of methoxy groups -OCH3 is 1. The number of benzene rings is 1. The van der Waals surface area contributed by atoms with Crippen molar-refractivity contribution in [2.75, 3.05) is 38.7 Å². The zero-order valence-corrected chi connectivity index (χ0v) is 13.2. The number of hydrogen-bond donors (Lipinski definition) is 2. The van der Waals surface area contributed by atoms with Gasteiger partial charge in [0.05, 0.1) is 12.2 Å². The van der Waals surface area contributed by atoms with E-state index in [2.05, 4.69) is 17.6 Å². The summed E-state index contributed by atoms with van der Waals surface area (Å²) in [5.41, 5.74) is 1.16. The summed E-state index contributed by atoms with van der Waals surface area (Å²) >= 11 is 0. The Labute approximate surface area is 131 Å². The molecule has 122 valence electrons. The first-order valence-corrected chi connectivity index (χ1v) is 7.44. The van der Waals surface area contributed by atoms with Crippen LogP contribution in [0.4, 0.5) is 5.69 Å². The van der Waals surface area contributed by atoms with Gasteiger partial charge >= 0.3 is 5.97 Å². The third kappa shape index (κ3) is 6.58. The molecule has 6 nitrogen and oxygen atoms in total. The maximum absolute atomic E-state index is 12.1. The minimum atomic E-state index is -0.513. The monoisotopic (exact) mass is 308 g/mol. The van der Waals surface area contributed by atoms with Crippen molar-refractivity contribution < 1.29 is 19.1 Å². The summed E-state index contributed by atoms with van der Waals surface area (Å²) in [5, 5.41) is 5.80. The van der Waals surface area contributed by atoms with Crippen molar-refractivity contribution in [3.63, 3.8) is 0 Å². The first kappa shape index (κ1) is 18.0. The predicted octanol–water partition coefficient (Wildman–Crippen LogP) is 1.82. The molecular formula is C16H24N2O4. The van der Waals surface area contributed by atoms with Gasteiger partial charge in [-0.2, -0.15) is 0 Å². The van der Waals surface area contributed by atoms with E-state index in [4.69, 9.17) is 9.47 Å². The number of para-hydroxylation sites is 1. The van der Waals surface area contributed by atoms with Crippen LogP contribution in [0.5, 0.6) is 0 Å². The smallest absolute Gasteiger partial charge is 0.340 e. The number of hydrogen-bond acceptors (Lipinski definition) is 5. The van der Waals surface area contributed by atoms with E-state index < -0.39 is 5.97 Å². The summed E-state index contributed by atoms with van der Waals surface area (Å²) in [6.45, 7) is 3.40. The molecule has 0 radical (unpaired) electrons. The van der Waals surface area contributed by atoms with E-state index in [9.17, 15) is 9.59 Å². The molecule has 0 aliphatic carbocycles. The average Bonchev–Trinajstić information content (AvgIpc) is 2.53. The van der Waals surface area contributed by atoms with Crippen LogP contribution in [0.3, 0.4) is 0 Å². The lowest BCUT2D eigenvalue weighted by molar-refractivity contribution is -0.124. The molecule has 0 atom stereocenters. The first-order chi connectivity index (χ1) is 10.7. The highest BCUT2D eigenvalue weighted by atomic mass is 16.5. The second kappa shape index (κ2) is 10.6. The molecule has 1 amide bonds. The molecule has 22 heavy (non-hydrogen) atoms. The van der Waals surface area contributed by atoms with Crippen LogP contribution >= 0.6 is 0 Å². The SMILES string of the molecule is CCCCNc1ccccc1C(=O)OCC(=O)NCCOC. The lowest BCUT2D eigenvalue weighted by atomic mass is 10.1. The van der Waals surface area contributed by atoms with E-state index in [-0.39, 0.29) is 12.5 Å². The molecule has 0 aromatic heterocycles. The number of rotatable bonds is 10. The molecule has 1 rings (SSSR count).